The lowest BCUT2D eigenvalue weighted by atomic mass is 10.1. The summed E-state index contributed by atoms with van der Waals surface area (Å²) in [5.41, 5.74) is -0.0213. The third kappa shape index (κ3) is 7.56. The molecule has 0 atom stereocenters. The van der Waals surface area contributed by atoms with Crippen molar-refractivity contribution in [3.63, 3.8) is 0 Å². The van der Waals surface area contributed by atoms with E-state index in [-0.39, 0.29) is 22.8 Å². The molecule has 0 N–H and O–H groups in total. The van der Waals surface area contributed by atoms with Crippen molar-refractivity contribution in [1.29, 1.82) is 0 Å². The summed E-state index contributed by atoms with van der Waals surface area (Å²) in [7, 11) is 0. The first-order chi connectivity index (χ1) is 16.6. The van der Waals surface area contributed by atoms with Crippen LogP contribution in [0.25, 0.3) is 0 Å². The van der Waals surface area contributed by atoms with Crippen LogP contribution < -0.4 is 14.2 Å². The second-order valence-electron chi connectivity index (χ2n) is 7.77. The average Bonchev–Trinajstić information content (AvgIpc) is 2.80. The molecule has 0 aliphatic rings. The summed E-state index contributed by atoms with van der Waals surface area (Å²) in [5.74, 6) is -0.832. The molecule has 0 amide bonds. The van der Waals surface area contributed by atoms with Crippen LogP contribution in [-0.4, -0.2) is 6.61 Å². The van der Waals surface area contributed by atoms with Gasteiger partial charge in [-0.2, -0.15) is 26.3 Å². The van der Waals surface area contributed by atoms with Gasteiger partial charge in [0.05, 0.1) is 11.1 Å². The Morgan fingerprint density at radius 1 is 0.629 bits per heavy atom. The zero-order valence-electron chi connectivity index (χ0n) is 18.8. The van der Waals surface area contributed by atoms with Gasteiger partial charge in [0.15, 0.2) is 0 Å². The second-order valence-corrected chi connectivity index (χ2v) is 7.77. The van der Waals surface area contributed by atoms with Crippen LogP contribution in [0, 0.1) is 0 Å². The Labute approximate surface area is 199 Å². The number of unbranched alkanes of at least 4 members (excludes halogenated alkanes) is 2. The number of rotatable bonds is 12. The largest absolute Gasteiger partial charge is 0.435 e. The normalized spacial score (nSPS) is 12.0. The molecular formula is C26H24F6O3. The van der Waals surface area contributed by atoms with Gasteiger partial charge in [0.2, 0.25) is 0 Å². The molecule has 0 radical (unpaired) electrons. The second kappa shape index (κ2) is 11.4. The molecule has 0 unspecified atom stereocenters. The summed E-state index contributed by atoms with van der Waals surface area (Å²) >= 11 is 0. The van der Waals surface area contributed by atoms with Crippen LogP contribution in [0.5, 0.6) is 17.2 Å². The Kier molecular flexibility index (Phi) is 8.53. The Bertz CT molecular complexity index is 1050. The molecule has 9 heteroatoms. The van der Waals surface area contributed by atoms with Crippen molar-refractivity contribution in [2.75, 3.05) is 0 Å². The highest BCUT2D eigenvalue weighted by atomic mass is 19.3. The highest BCUT2D eigenvalue weighted by Gasteiger charge is 2.36. The smallest absolute Gasteiger partial charge is 0.426 e. The fourth-order valence-electron chi connectivity index (χ4n) is 3.26. The van der Waals surface area contributed by atoms with E-state index in [2.05, 4.69) is 16.4 Å². The van der Waals surface area contributed by atoms with Crippen LogP contribution >= 0.6 is 0 Å². The number of alkyl halides is 6. The molecule has 0 fully saturated rings. The van der Waals surface area contributed by atoms with E-state index >= 15 is 0 Å². The molecule has 3 aromatic carbocycles. The molecular weight excluding hydrogens is 474 g/mol. The minimum atomic E-state index is -3.82. The van der Waals surface area contributed by atoms with Gasteiger partial charge in [-0.3, -0.25) is 0 Å². The topological polar surface area (TPSA) is 27.7 Å². The van der Waals surface area contributed by atoms with E-state index in [1.165, 1.54) is 12.1 Å². The van der Waals surface area contributed by atoms with Crippen molar-refractivity contribution in [3.8, 4) is 17.2 Å². The molecule has 0 aliphatic heterocycles. The van der Waals surface area contributed by atoms with E-state index in [9.17, 15) is 26.3 Å². The van der Waals surface area contributed by atoms with Gasteiger partial charge in [-0.15, -0.1) is 0 Å². The van der Waals surface area contributed by atoms with Gasteiger partial charge in [-0.1, -0.05) is 31.9 Å². The molecule has 0 bridgehead atoms. The van der Waals surface area contributed by atoms with Crippen molar-refractivity contribution in [3.05, 3.63) is 89.5 Å². The van der Waals surface area contributed by atoms with Gasteiger partial charge in [-0.25, -0.2) is 0 Å². The third-order valence-corrected chi connectivity index (χ3v) is 5.09. The van der Waals surface area contributed by atoms with Crippen LogP contribution in [0.4, 0.5) is 26.3 Å². The van der Waals surface area contributed by atoms with Gasteiger partial charge in [0.1, 0.15) is 17.2 Å². The van der Waals surface area contributed by atoms with Crippen LogP contribution in [0.3, 0.4) is 0 Å². The lowest BCUT2D eigenvalue weighted by Crippen LogP contribution is -2.23. The van der Waals surface area contributed by atoms with Crippen molar-refractivity contribution >= 4 is 0 Å². The van der Waals surface area contributed by atoms with Crippen molar-refractivity contribution in [2.24, 2.45) is 0 Å². The molecule has 3 nitrogen and oxygen atoms in total. The average molecular weight is 498 g/mol. The van der Waals surface area contributed by atoms with Gasteiger partial charge in [0.25, 0.3) is 0 Å². The van der Waals surface area contributed by atoms with E-state index in [1.807, 2.05) is 0 Å². The van der Waals surface area contributed by atoms with Crippen molar-refractivity contribution in [1.82, 2.24) is 0 Å². The summed E-state index contributed by atoms with van der Waals surface area (Å²) in [6.45, 7) is -0.970. The minimum Gasteiger partial charge on any atom is -0.435 e. The number of aryl methyl sites for hydroxylation is 1. The summed E-state index contributed by atoms with van der Waals surface area (Å²) < 4.78 is 96.0. The fraction of sp³-hybridized carbons (Fsp3) is 0.308. The summed E-state index contributed by atoms with van der Waals surface area (Å²) in [4.78, 5) is 0. The maximum absolute atomic E-state index is 14.6. The Morgan fingerprint density at radius 3 is 1.51 bits per heavy atom. The maximum Gasteiger partial charge on any atom is 0.426 e. The summed E-state index contributed by atoms with van der Waals surface area (Å²) in [6.07, 6.45) is -3.59. The van der Waals surface area contributed by atoms with Crippen LogP contribution in [-0.2, 0) is 18.6 Å². The van der Waals surface area contributed by atoms with Crippen molar-refractivity contribution < 1.29 is 40.6 Å². The highest BCUT2D eigenvalue weighted by molar-refractivity contribution is 5.34. The van der Waals surface area contributed by atoms with Crippen molar-refractivity contribution in [2.45, 2.75) is 51.4 Å². The summed E-state index contributed by atoms with van der Waals surface area (Å²) in [5, 5.41) is 0. The lowest BCUT2D eigenvalue weighted by molar-refractivity contribution is -0.187. The molecule has 3 rings (SSSR count). The van der Waals surface area contributed by atoms with E-state index in [0.29, 0.717) is 0 Å². The zero-order valence-corrected chi connectivity index (χ0v) is 18.8. The van der Waals surface area contributed by atoms with E-state index in [1.54, 1.807) is 12.1 Å². The Morgan fingerprint density at radius 2 is 1.06 bits per heavy atom. The zero-order chi connectivity index (χ0) is 25.5. The van der Waals surface area contributed by atoms with Gasteiger partial charge in [-0.05, 0) is 79.1 Å². The first-order valence-electron chi connectivity index (χ1n) is 11.0. The predicted molar refractivity (Wildman–Crippen MR) is 118 cm³/mol. The number of halogens is 6. The molecule has 0 spiro atoms. The molecule has 0 saturated carbocycles. The molecule has 0 saturated heterocycles. The van der Waals surface area contributed by atoms with Gasteiger partial charge < -0.3 is 14.2 Å². The van der Waals surface area contributed by atoms with Gasteiger partial charge in [0, 0.05) is 0 Å². The van der Waals surface area contributed by atoms with Crippen LogP contribution in [0.1, 0.15) is 42.9 Å². The predicted octanol–water partition coefficient (Wildman–Crippen LogP) is 8.28. The third-order valence-electron chi connectivity index (χ3n) is 5.09. The number of ether oxygens (including phenoxy) is 3. The molecule has 35 heavy (non-hydrogen) atoms. The molecule has 188 valence electrons. The lowest BCUT2D eigenvalue weighted by Gasteiger charge is -2.21. The first-order valence-corrected chi connectivity index (χ1v) is 11.0. The standard InChI is InChI=1S/C26H24F6O3/c1-2-3-4-5-18-6-8-19(9-7-18)25(29,30)34-22-12-10-20(11-13-22)26(31,32)35-23-16-14-21(15-17-23)33-24(27)28/h6-17,24H,2-5H2,1H3. The Balaban J connectivity index is 1.63. The van der Waals surface area contributed by atoms with Gasteiger partial charge >= 0.3 is 18.8 Å². The minimum absolute atomic E-state index is 0.218. The highest BCUT2D eigenvalue weighted by Crippen LogP contribution is 2.36. The quantitative estimate of drug-likeness (QED) is 0.186. The molecule has 0 heterocycles. The fourth-order valence-corrected chi connectivity index (χ4v) is 3.26. The molecule has 0 aromatic heterocycles. The van der Waals surface area contributed by atoms with E-state index < -0.39 is 24.4 Å². The number of benzene rings is 3. The maximum atomic E-state index is 14.6. The Hall–Kier alpha value is -3.36. The molecule has 0 aliphatic carbocycles. The number of hydrogen-bond donors (Lipinski definition) is 0. The van der Waals surface area contributed by atoms with Crippen LogP contribution in [0.15, 0.2) is 72.8 Å². The van der Waals surface area contributed by atoms with E-state index in [0.717, 1.165) is 79.8 Å². The van der Waals surface area contributed by atoms with E-state index in [4.69, 9.17) is 4.74 Å². The molecule has 3 aromatic rings. The van der Waals surface area contributed by atoms with Crippen LogP contribution in [0.2, 0.25) is 0 Å². The summed E-state index contributed by atoms with van der Waals surface area (Å²) in [6, 6.07) is 13.8. The monoisotopic (exact) mass is 498 g/mol. The number of hydrogen-bond acceptors (Lipinski definition) is 3. The first kappa shape index (κ1) is 26.2. The SMILES string of the molecule is CCCCCc1ccc(C(F)(F)Oc2ccc(C(F)(F)Oc3ccc(OC(F)F)cc3)cc2)cc1.